The third kappa shape index (κ3) is 3.83. The zero-order valence-electron chi connectivity index (χ0n) is 9.18. The van der Waals surface area contributed by atoms with Crippen molar-refractivity contribution in [2.24, 2.45) is 0 Å². The summed E-state index contributed by atoms with van der Waals surface area (Å²) >= 11 is 0.826. The molecule has 0 aromatic carbocycles. The summed E-state index contributed by atoms with van der Waals surface area (Å²) in [4.78, 5) is 37.0. The third-order valence-electron chi connectivity index (χ3n) is 1.54. The number of carbonyl (C=O) groups excluding carboxylic acids is 2. The summed E-state index contributed by atoms with van der Waals surface area (Å²) in [5.74, 6) is -0.665. The summed E-state index contributed by atoms with van der Waals surface area (Å²) < 4.78 is 9.07. The minimum atomic E-state index is -0.738. The van der Waals surface area contributed by atoms with E-state index in [0.717, 1.165) is 17.4 Å². The Bertz CT molecular complexity index is 485. The second kappa shape index (κ2) is 5.94. The van der Waals surface area contributed by atoms with E-state index in [9.17, 15) is 14.4 Å². The SMILES string of the molecule is CCOC(=O)Nc1nc(=O)cc(C(=O)OC)s1. The number of ether oxygens (including phenoxy) is 2. The van der Waals surface area contributed by atoms with Crippen molar-refractivity contribution in [3.8, 4) is 0 Å². The van der Waals surface area contributed by atoms with E-state index in [1.54, 1.807) is 6.92 Å². The molecule has 0 unspecified atom stereocenters. The number of nitrogens with one attached hydrogen (secondary N) is 1. The fourth-order valence-corrected chi connectivity index (χ4v) is 1.71. The summed E-state index contributed by atoms with van der Waals surface area (Å²) in [6, 6.07) is 1.03. The Kier molecular flexibility index (Phi) is 4.58. The second-order valence-electron chi connectivity index (χ2n) is 2.70. The first-order chi connectivity index (χ1) is 8.06. The lowest BCUT2D eigenvalue weighted by molar-refractivity contribution is 0.0606. The normalized spacial score (nSPS) is 9.53. The predicted molar refractivity (Wildman–Crippen MR) is 60.4 cm³/mol. The van der Waals surface area contributed by atoms with Crippen LogP contribution in [-0.4, -0.2) is 30.8 Å². The number of rotatable bonds is 3. The van der Waals surface area contributed by atoms with Gasteiger partial charge >= 0.3 is 12.1 Å². The van der Waals surface area contributed by atoms with E-state index in [1.165, 1.54) is 7.11 Å². The zero-order valence-corrected chi connectivity index (χ0v) is 10.00. The van der Waals surface area contributed by atoms with Gasteiger partial charge in [0.05, 0.1) is 13.7 Å². The van der Waals surface area contributed by atoms with Crippen LogP contribution in [0.25, 0.3) is 0 Å². The van der Waals surface area contributed by atoms with Gasteiger partial charge in [0.25, 0.3) is 5.56 Å². The van der Waals surface area contributed by atoms with Crippen LogP contribution in [0.2, 0.25) is 0 Å². The highest BCUT2D eigenvalue weighted by Crippen LogP contribution is 2.14. The van der Waals surface area contributed by atoms with Gasteiger partial charge in [0.1, 0.15) is 4.88 Å². The Morgan fingerprint density at radius 2 is 2.24 bits per heavy atom. The summed E-state index contributed by atoms with van der Waals surface area (Å²) in [5.41, 5.74) is -0.643. The molecule has 1 aromatic rings. The Labute approximate surface area is 100 Å². The van der Waals surface area contributed by atoms with Crippen molar-refractivity contribution in [2.75, 3.05) is 19.0 Å². The van der Waals surface area contributed by atoms with Crippen molar-refractivity contribution >= 4 is 28.5 Å². The molecule has 8 heteroatoms. The standard InChI is InChI=1S/C9H10N2O5S/c1-3-16-9(14)11-8-10-6(12)4-5(17-8)7(13)15-2/h4H,3H2,1-2H3,(H,10,11,12,14). The molecule has 0 spiro atoms. The van der Waals surface area contributed by atoms with Gasteiger partial charge < -0.3 is 9.47 Å². The average Bonchev–Trinajstić information content (AvgIpc) is 2.27. The van der Waals surface area contributed by atoms with Gasteiger partial charge in [-0.3, -0.25) is 10.1 Å². The van der Waals surface area contributed by atoms with Crippen molar-refractivity contribution in [1.29, 1.82) is 0 Å². The van der Waals surface area contributed by atoms with Crippen molar-refractivity contribution in [3.05, 3.63) is 21.3 Å². The van der Waals surface area contributed by atoms with Crippen LogP contribution in [0.3, 0.4) is 0 Å². The zero-order chi connectivity index (χ0) is 12.8. The maximum Gasteiger partial charge on any atom is 0.413 e. The minimum Gasteiger partial charge on any atom is -0.465 e. The summed E-state index contributed by atoms with van der Waals surface area (Å²) in [7, 11) is 1.19. The topological polar surface area (TPSA) is 94.6 Å². The highest BCUT2D eigenvalue weighted by atomic mass is 32.1. The fourth-order valence-electron chi connectivity index (χ4n) is 0.910. The van der Waals surface area contributed by atoms with Crippen LogP contribution in [0.15, 0.2) is 10.9 Å². The molecule has 17 heavy (non-hydrogen) atoms. The predicted octanol–water partition coefficient (Wildman–Crippen LogP) is 0.858. The van der Waals surface area contributed by atoms with Crippen LogP contribution >= 0.6 is 11.3 Å². The van der Waals surface area contributed by atoms with Gasteiger partial charge in [-0.1, -0.05) is 11.3 Å². The minimum absolute atomic E-state index is 0.0173. The number of aromatic nitrogens is 1. The molecule has 0 saturated carbocycles. The van der Waals surface area contributed by atoms with Gasteiger partial charge in [-0.25, -0.2) is 9.59 Å². The molecule has 0 aliphatic rings. The Hall–Kier alpha value is -1.96. The van der Waals surface area contributed by atoms with E-state index in [4.69, 9.17) is 0 Å². The van der Waals surface area contributed by atoms with Gasteiger partial charge in [0, 0.05) is 6.07 Å². The maximum atomic E-state index is 11.2. The van der Waals surface area contributed by atoms with Crippen molar-refractivity contribution in [2.45, 2.75) is 6.92 Å². The van der Waals surface area contributed by atoms with Crippen LogP contribution in [-0.2, 0) is 9.47 Å². The third-order valence-corrected chi connectivity index (χ3v) is 2.44. The molecule has 1 amide bonds. The number of hydrogen-bond donors (Lipinski definition) is 1. The number of amides is 1. The van der Waals surface area contributed by atoms with Gasteiger partial charge in [-0.05, 0) is 6.92 Å². The second-order valence-corrected chi connectivity index (χ2v) is 3.73. The number of carbonyl (C=O) groups is 2. The molecule has 1 rings (SSSR count). The first-order valence-electron chi connectivity index (χ1n) is 4.61. The maximum absolute atomic E-state index is 11.2. The molecule has 0 radical (unpaired) electrons. The molecule has 0 fully saturated rings. The van der Waals surface area contributed by atoms with Crippen LogP contribution in [0.5, 0.6) is 0 Å². The Morgan fingerprint density at radius 1 is 1.53 bits per heavy atom. The van der Waals surface area contributed by atoms with E-state index in [-0.39, 0.29) is 16.6 Å². The molecule has 1 N–H and O–H groups in total. The van der Waals surface area contributed by atoms with Crippen LogP contribution < -0.4 is 10.9 Å². The number of esters is 1. The van der Waals surface area contributed by atoms with E-state index in [2.05, 4.69) is 19.8 Å². The van der Waals surface area contributed by atoms with Gasteiger partial charge in [0.15, 0.2) is 5.13 Å². The summed E-state index contributed by atoms with van der Waals surface area (Å²) in [5, 5.41) is 2.22. The lowest BCUT2D eigenvalue weighted by Crippen LogP contribution is -2.17. The molecule has 0 aliphatic heterocycles. The number of anilines is 1. The van der Waals surface area contributed by atoms with Crippen LogP contribution in [0.1, 0.15) is 16.6 Å². The Balaban J connectivity index is 2.94. The lowest BCUT2D eigenvalue weighted by Gasteiger charge is -2.03. The average molecular weight is 258 g/mol. The molecule has 0 aliphatic carbocycles. The molecule has 0 saturated heterocycles. The highest BCUT2D eigenvalue weighted by molar-refractivity contribution is 7.17. The van der Waals surface area contributed by atoms with Gasteiger partial charge in [-0.15, -0.1) is 0 Å². The largest absolute Gasteiger partial charge is 0.465 e. The summed E-state index contributed by atoms with van der Waals surface area (Å²) in [6.45, 7) is 1.83. The lowest BCUT2D eigenvalue weighted by atomic mass is 10.5. The van der Waals surface area contributed by atoms with E-state index in [0.29, 0.717) is 0 Å². The van der Waals surface area contributed by atoms with E-state index < -0.39 is 17.6 Å². The van der Waals surface area contributed by atoms with Crippen LogP contribution in [0, 0.1) is 0 Å². The summed E-state index contributed by atoms with van der Waals surface area (Å²) in [6.07, 6.45) is -0.738. The Morgan fingerprint density at radius 3 is 2.82 bits per heavy atom. The number of hydrogen-bond acceptors (Lipinski definition) is 7. The van der Waals surface area contributed by atoms with Gasteiger partial charge in [-0.2, -0.15) is 4.98 Å². The molecule has 0 bridgehead atoms. The number of nitrogens with zero attached hydrogens (tertiary/aromatic N) is 1. The molecular weight excluding hydrogens is 248 g/mol. The molecule has 92 valence electrons. The first-order valence-corrected chi connectivity index (χ1v) is 5.42. The first kappa shape index (κ1) is 13.1. The smallest absolute Gasteiger partial charge is 0.413 e. The highest BCUT2D eigenvalue weighted by Gasteiger charge is 2.12. The quantitative estimate of drug-likeness (QED) is 0.808. The molecular formula is C9H10N2O5S. The van der Waals surface area contributed by atoms with Crippen LogP contribution in [0.4, 0.5) is 9.93 Å². The monoisotopic (exact) mass is 258 g/mol. The molecule has 0 atom stereocenters. The molecule has 7 nitrogen and oxygen atoms in total. The number of methoxy groups -OCH3 is 1. The van der Waals surface area contributed by atoms with Crippen molar-refractivity contribution < 1.29 is 19.1 Å². The molecule has 1 heterocycles. The van der Waals surface area contributed by atoms with Crippen molar-refractivity contribution in [1.82, 2.24) is 4.98 Å². The van der Waals surface area contributed by atoms with E-state index in [1.807, 2.05) is 0 Å². The van der Waals surface area contributed by atoms with E-state index >= 15 is 0 Å². The van der Waals surface area contributed by atoms with Crippen molar-refractivity contribution in [3.63, 3.8) is 0 Å². The molecule has 1 aromatic heterocycles. The van der Waals surface area contributed by atoms with Gasteiger partial charge in [0.2, 0.25) is 0 Å². The fraction of sp³-hybridized carbons (Fsp3) is 0.333.